The number of hydrogen-bond donors (Lipinski definition) is 0. The van der Waals surface area contributed by atoms with Crippen LogP contribution in [0.5, 0.6) is 23.0 Å². The summed E-state index contributed by atoms with van der Waals surface area (Å²) in [6, 6.07) is 34.5. The van der Waals surface area contributed by atoms with Crippen LogP contribution < -0.4 is 18.9 Å². The Balaban J connectivity index is 1.60. The number of nitrogens with zero attached hydrogens (tertiary/aromatic N) is 4. The minimum absolute atomic E-state index is 0.187. The molecule has 0 fully saturated rings. The largest absolute Gasteiger partial charge is 0.497 e. The second-order valence-electron chi connectivity index (χ2n) is 13.3. The van der Waals surface area contributed by atoms with Crippen LogP contribution in [0.1, 0.15) is 39.5 Å². The maximum Gasteiger partial charge on any atom is 0.393 e. The van der Waals surface area contributed by atoms with E-state index in [4.69, 9.17) is 33.9 Å². The molecule has 0 saturated heterocycles. The van der Waals surface area contributed by atoms with Gasteiger partial charge in [-0.05, 0) is 78.9 Å². The Labute approximate surface area is 331 Å². The lowest BCUT2D eigenvalue weighted by Gasteiger charge is -2.25. The Morgan fingerprint density at radius 1 is 0.466 bits per heavy atom. The van der Waals surface area contributed by atoms with Crippen molar-refractivity contribution in [1.29, 1.82) is 0 Å². The van der Waals surface area contributed by atoms with Gasteiger partial charge in [-0.15, -0.1) is 4.58 Å². The van der Waals surface area contributed by atoms with E-state index in [0.717, 1.165) is 24.3 Å². The maximum absolute atomic E-state index is 16.9. The summed E-state index contributed by atoms with van der Waals surface area (Å²) in [6.07, 6.45) is -1.65. The molecule has 6 aromatic rings. The van der Waals surface area contributed by atoms with Gasteiger partial charge in [0, 0.05) is 16.7 Å². The summed E-state index contributed by atoms with van der Waals surface area (Å²) in [6.45, 7) is 0. The maximum atomic E-state index is 16.9. The van der Waals surface area contributed by atoms with Gasteiger partial charge in [0.15, 0.2) is 0 Å². The van der Waals surface area contributed by atoms with Crippen molar-refractivity contribution >= 4 is 22.8 Å². The summed E-state index contributed by atoms with van der Waals surface area (Å²) in [7, 11) is 6.02. The van der Waals surface area contributed by atoms with Crippen molar-refractivity contribution in [3.8, 4) is 23.0 Å². The van der Waals surface area contributed by atoms with Crippen LogP contribution in [0, 0.1) is 23.3 Å². The predicted octanol–water partition coefficient (Wildman–Crippen LogP) is 9.08. The third-order valence-corrected chi connectivity index (χ3v) is 9.99. The molecule has 1 unspecified atom stereocenters. The topological polar surface area (TPSA) is 77.0 Å². The molecule has 0 spiro atoms. The third-order valence-electron chi connectivity index (χ3n) is 9.99. The molecule has 0 bridgehead atoms. The summed E-state index contributed by atoms with van der Waals surface area (Å²) < 4.78 is 90.2. The molecule has 1 atom stereocenters. The quantitative estimate of drug-likeness (QED) is 0.0971. The first-order chi connectivity index (χ1) is 28.2. The fourth-order valence-electron chi connectivity index (χ4n) is 7.33. The van der Waals surface area contributed by atoms with Crippen molar-refractivity contribution in [2.75, 3.05) is 28.4 Å². The SMILES string of the molecule is COc1cccc(C2=NC(c3c(F)cccc3F)([N+]3=C(c4cccc(OC)c4)C(c4cccc(OC)c4)=NC3c3c(F)cccc3F)N=C2c2cccc(OC)c2)c1. The monoisotopic (exact) mass is 783 g/mol. The van der Waals surface area contributed by atoms with Crippen LogP contribution in [0.2, 0.25) is 0 Å². The standard InChI is InChI=1S/C46H35F4N4O4/c1-55-31-15-5-11-27(23-31)41-42(28-12-6-16-32(24-28)56-2)53-46(52-41,40-37(49)21-10-22-38(40)50)54-44(30-14-8-18-34(26-30)58-4)43(29-13-7-17-33(25-29)57-3)51-45(54)39-35(47)19-9-20-36(39)48/h5-26,45H,1-4H3/q+1. The van der Waals surface area contributed by atoms with Crippen molar-refractivity contribution in [3.05, 3.63) is 190 Å². The van der Waals surface area contributed by atoms with E-state index in [2.05, 4.69) is 0 Å². The average molecular weight is 784 g/mol. The Morgan fingerprint density at radius 3 is 1.26 bits per heavy atom. The highest BCUT2D eigenvalue weighted by molar-refractivity contribution is 6.55. The molecule has 8 nitrogen and oxygen atoms in total. The zero-order valence-corrected chi connectivity index (χ0v) is 31.7. The first-order valence-electron chi connectivity index (χ1n) is 18.1. The second-order valence-corrected chi connectivity index (χ2v) is 13.3. The van der Waals surface area contributed by atoms with E-state index in [1.807, 2.05) is 0 Å². The fraction of sp³-hybridized carbons (Fsp3) is 0.130. The molecule has 8 rings (SSSR count). The molecule has 2 aliphatic heterocycles. The summed E-state index contributed by atoms with van der Waals surface area (Å²) in [5, 5.41) is 0. The fourth-order valence-corrected chi connectivity index (χ4v) is 7.33. The molecule has 0 radical (unpaired) electrons. The van der Waals surface area contributed by atoms with Crippen molar-refractivity contribution in [2.24, 2.45) is 15.0 Å². The van der Waals surface area contributed by atoms with Crippen LogP contribution in [-0.2, 0) is 5.79 Å². The van der Waals surface area contributed by atoms with E-state index in [1.54, 1.807) is 97.1 Å². The Morgan fingerprint density at radius 2 is 0.828 bits per heavy atom. The number of benzene rings is 6. The molecule has 2 aliphatic rings. The van der Waals surface area contributed by atoms with Gasteiger partial charge in [-0.1, -0.05) is 54.6 Å². The summed E-state index contributed by atoms with van der Waals surface area (Å²) in [4.78, 5) is 15.5. The number of methoxy groups -OCH3 is 4. The Bertz CT molecular complexity index is 2610. The van der Waals surface area contributed by atoms with Crippen molar-refractivity contribution in [1.82, 2.24) is 0 Å². The molecule has 290 valence electrons. The number of hydrogen-bond acceptors (Lipinski definition) is 7. The molecule has 0 aromatic heterocycles. The van der Waals surface area contributed by atoms with Gasteiger partial charge < -0.3 is 18.9 Å². The van der Waals surface area contributed by atoms with E-state index in [9.17, 15) is 0 Å². The lowest BCUT2D eigenvalue weighted by atomic mass is 9.97. The van der Waals surface area contributed by atoms with Crippen LogP contribution in [0.25, 0.3) is 0 Å². The zero-order valence-electron chi connectivity index (χ0n) is 31.7. The van der Waals surface area contributed by atoms with E-state index in [0.29, 0.717) is 45.3 Å². The molecular weight excluding hydrogens is 749 g/mol. The van der Waals surface area contributed by atoms with Gasteiger partial charge in [0.1, 0.15) is 74.5 Å². The highest BCUT2D eigenvalue weighted by Crippen LogP contribution is 2.46. The van der Waals surface area contributed by atoms with Crippen LogP contribution in [-0.4, -0.2) is 55.9 Å². The van der Waals surface area contributed by atoms with E-state index in [1.165, 1.54) is 45.1 Å². The van der Waals surface area contributed by atoms with Gasteiger partial charge >= 0.3 is 5.79 Å². The number of aliphatic imine (C=N–C) groups is 3. The van der Waals surface area contributed by atoms with Crippen LogP contribution in [0.4, 0.5) is 17.6 Å². The average Bonchev–Trinajstić information content (AvgIpc) is 3.85. The van der Waals surface area contributed by atoms with Crippen molar-refractivity contribution < 1.29 is 41.1 Å². The number of rotatable bonds is 11. The Kier molecular flexibility index (Phi) is 10.1. The minimum Gasteiger partial charge on any atom is -0.497 e. The van der Waals surface area contributed by atoms with Gasteiger partial charge in [0.25, 0.3) is 6.17 Å². The lowest BCUT2D eigenvalue weighted by molar-refractivity contribution is -0.648. The molecule has 0 N–H and O–H groups in total. The highest BCUT2D eigenvalue weighted by Gasteiger charge is 2.60. The molecule has 0 saturated carbocycles. The summed E-state index contributed by atoms with van der Waals surface area (Å²) in [5.74, 6) is -4.57. The molecule has 6 aromatic carbocycles. The van der Waals surface area contributed by atoms with E-state index in [-0.39, 0.29) is 22.8 Å². The van der Waals surface area contributed by atoms with Gasteiger partial charge in [0.05, 0.1) is 34.0 Å². The van der Waals surface area contributed by atoms with Crippen LogP contribution in [0.15, 0.2) is 148 Å². The van der Waals surface area contributed by atoms with Crippen LogP contribution >= 0.6 is 0 Å². The van der Waals surface area contributed by atoms with Gasteiger partial charge in [0.2, 0.25) is 5.71 Å². The molecule has 12 heteroatoms. The number of halogens is 4. The van der Waals surface area contributed by atoms with Gasteiger partial charge in [-0.2, -0.15) is 9.98 Å². The minimum atomic E-state index is -2.46. The van der Waals surface area contributed by atoms with Crippen LogP contribution in [0.3, 0.4) is 0 Å². The van der Waals surface area contributed by atoms with E-state index >= 15 is 17.6 Å². The second kappa shape index (κ2) is 15.5. The first-order valence-corrected chi connectivity index (χ1v) is 18.1. The zero-order chi connectivity index (χ0) is 40.6. The molecule has 2 heterocycles. The number of ether oxygens (including phenoxy) is 4. The predicted molar refractivity (Wildman–Crippen MR) is 213 cm³/mol. The van der Waals surface area contributed by atoms with Gasteiger partial charge in [-0.25, -0.2) is 22.6 Å². The molecular formula is C46H35F4N4O4+. The highest BCUT2D eigenvalue weighted by atomic mass is 19.1. The first kappa shape index (κ1) is 37.8. The summed E-state index contributed by atoms with van der Waals surface area (Å²) in [5.41, 5.74) is 1.51. The van der Waals surface area contributed by atoms with Crippen molar-refractivity contribution in [3.63, 3.8) is 0 Å². The third kappa shape index (κ3) is 6.55. The molecule has 58 heavy (non-hydrogen) atoms. The Hall–Kier alpha value is -7.08. The van der Waals surface area contributed by atoms with E-state index < -0.39 is 46.3 Å². The molecule has 0 aliphatic carbocycles. The molecule has 0 amide bonds. The lowest BCUT2D eigenvalue weighted by Crippen LogP contribution is -2.42. The smallest absolute Gasteiger partial charge is 0.393 e. The normalized spacial score (nSPS) is 15.8. The summed E-state index contributed by atoms with van der Waals surface area (Å²) >= 11 is 0. The van der Waals surface area contributed by atoms with Gasteiger partial charge in [-0.3, -0.25) is 0 Å². The van der Waals surface area contributed by atoms with Crippen molar-refractivity contribution in [2.45, 2.75) is 12.0 Å².